The molecule has 0 saturated carbocycles. The summed E-state index contributed by atoms with van der Waals surface area (Å²) >= 11 is 0. The van der Waals surface area contributed by atoms with Gasteiger partial charge in [-0.05, 0) is 17.5 Å². The second-order valence-corrected chi connectivity index (χ2v) is 8.26. The zero-order valence-electron chi connectivity index (χ0n) is 12.7. The summed E-state index contributed by atoms with van der Waals surface area (Å²) < 4.78 is 22.9. The third kappa shape index (κ3) is 5.85. The number of aliphatic carboxylic acids is 1. The van der Waals surface area contributed by atoms with Crippen LogP contribution in [0, 0.1) is 0 Å². The summed E-state index contributed by atoms with van der Waals surface area (Å²) in [7, 11) is -3.06. The molecule has 1 aromatic rings. The van der Waals surface area contributed by atoms with Crippen molar-refractivity contribution in [3.63, 3.8) is 0 Å². The van der Waals surface area contributed by atoms with Crippen molar-refractivity contribution in [3.8, 4) is 0 Å². The van der Waals surface area contributed by atoms with Gasteiger partial charge in [-0.15, -0.1) is 0 Å². The van der Waals surface area contributed by atoms with E-state index < -0.39 is 21.2 Å². The first kappa shape index (κ1) is 17.7. The minimum Gasteiger partial charge on any atom is -0.481 e. The standard InChI is InChI=1S/C15H23NO4S/c1-15(2,10-21(3,19)20)12-6-4-11(5-7-12)13(16)8-9-14(17)18/h4-7,13H,8-10,16H2,1-3H3,(H,17,18). The molecule has 0 aliphatic heterocycles. The van der Waals surface area contributed by atoms with Crippen molar-refractivity contribution in [3.05, 3.63) is 35.4 Å². The van der Waals surface area contributed by atoms with Crippen LogP contribution in [0.3, 0.4) is 0 Å². The fraction of sp³-hybridized carbons (Fsp3) is 0.533. The molecule has 1 aromatic carbocycles. The molecular formula is C15H23NO4S. The number of sulfone groups is 1. The summed E-state index contributed by atoms with van der Waals surface area (Å²) in [4.78, 5) is 10.5. The van der Waals surface area contributed by atoms with Crippen LogP contribution in [0.2, 0.25) is 0 Å². The van der Waals surface area contributed by atoms with Crippen molar-refractivity contribution in [2.24, 2.45) is 5.73 Å². The maximum Gasteiger partial charge on any atom is 0.303 e. The van der Waals surface area contributed by atoms with E-state index in [1.54, 1.807) is 0 Å². The summed E-state index contributed by atoms with van der Waals surface area (Å²) in [6.07, 6.45) is 1.63. The average Bonchev–Trinajstić information content (AvgIpc) is 2.33. The first-order valence-corrected chi connectivity index (χ1v) is 8.83. The molecule has 0 aliphatic carbocycles. The Kier molecular flexibility index (Phi) is 5.53. The molecule has 1 unspecified atom stereocenters. The van der Waals surface area contributed by atoms with E-state index >= 15 is 0 Å². The molecule has 1 rings (SSSR count). The minimum absolute atomic E-state index is 0.0302. The summed E-state index contributed by atoms with van der Waals surface area (Å²) in [6, 6.07) is 7.08. The largest absolute Gasteiger partial charge is 0.481 e. The topological polar surface area (TPSA) is 97.5 Å². The van der Waals surface area contributed by atoms with Gasteiger partial charge >= 0.3 is 5.97 Å². The molecule has 3 N–H and O–H groups in total. The van der Waals surface area contributed by atoms with Crippen molar-refractivity contribution >= 4 is 15.8 Å². The first-order chi connectivity index (χ1) is 9.51. The summed E-state index contributed by atoms with van der Waals surface area (Å²) in [5.74, 6) is -0.791. The van der Waals surface area contributed by atoms with Gasteiger partial charge in [0.1, 0.15) is 9.84 Å². The van der Waals surface area contributed by atoms with Gasteiger partial charge in [-0.25, -0.2) is 8.42 Å². The predicted octanol–water partition coefficient (Wildman–Crippen LogP) is 1.87. The Labute approximate surface area is 126 Å². The monoisotopic (exact) mass is 313 g/mol. The van der Waals surface area contributed by atoms with E-state index in [2.05, 4.69) is 0 Å². The van der Waals surface area contributed by atoms with Gasteiger partial charge in [0.2, 0.25) is 0 Å². The molecule has 0 saturated heterocycles. The van der Waals surface area contributed by atoms with Gasteiger partial charge in [-0.2, -0.15) is 0 Å². The van der Waals surface area contributed by atoms with Crippen LogP contribution in [0.1, 0.15) is 43.9 Å². The van der Waals surface area contributed by atoms with Crippen molar-refractivity contribution in [2.45, 2.75) is 38.1 Å². The van der Waals surface area contributed by atoms with Crippen LogP contribution >= 0.6 is 0 Å². The lowest BCUT2D eigenvalue weighted by atomic mass is 9.85. The first-order valence-electron chi connectivity index (χ1n) is 6.77. The highest BCUT2D eigenvalue weighted by Gasteiger charge is 2.25. The molecule has 0 fully saturated rings. The zero-order chi connectivity index (χ0) is 16.3. The normalized spacial score (nSPS) is 13.9. The number of hydrogen-bond donors (Lipinski definition) is 2. The number of carboxylic acid groups (broad SMARTS) is 1. The van der Waals surface area contributed by atoms with Crippen molar-refractivity contribution in [1.29, 1.82) is 0 Å². The van der Waals surface area contributed by atoms with Gasteiger partial charge < -0.3 is 10.8 Å². The molecule has 0 heterocycles. The highest BCUT2D eigenvalue weighted by atomic mass is 32.2. The fourth-order valence-electron chi connectivity index (χ4n) is 2.37. The number of carboxylic acids is 1. The summed E-state index contributed by atoms with van der Waals surface area (Å²) in [5, 5.41) is 8.66. The van der Waals surface area contributed by atoms with Crippen LogP contribution in [-0.4, -0.2) is 31.5 Å². The molecule has 0 aliphatic rings. The van der Waals surface area contributed by atoms with Crippen molar-refractivity contribution < 1.29 is 18.3 Å². The Balaban J connectivity index is 2.84. The van der Waals surface area contributed by atoms with E-state index in [0.717, 1.165) is 11.1 Å². The van der Waals surface area contributed by atoms with E-state index in [4.69, 9.17) is 10.8 Å². The maximum atomic E-state index is 11.5. The highest BCUT2D eigenvalue weighted by Crippen LogP contribution is 2.26. The summed E-state index contributed by atoms with van der Waals surface area (Å²) in [5.41, 5.74) is 7.25. The van der Waals surface area contributed by atoms with Gasteiger partial charge in [0, 0.05) is 24.1 Å². The van der Waals surface area contributed by atoms with E-state index in [1.165, 1.54) is 6.26 Å². The molecule has 0 amide bonds. The van der Waals surface area contributed by atoms with Gasteiger partial charge in [0.15, 0.2) is 0 Å². The lowest BCUT2D eigenvalue weighted by Gasteiger charge is -2.24. The van der Waals surface area contributed by atoms with Crippen LogP contribution in [-0.2, 0) is 20.0 Å². The van der Waals surface area contributed by atoms with E-state index in [0.29, 0.717) is 6.42 Å². The Hall–Kier alpha value is -1.40. The second-order valence-electron chi connectivity index (χ2n) is 6.11. The average molecular weight is 313 g/mol. The predicted molar refractivity (Wildman–Crippen MR) is 83.0 cm³/mol. The molecule has 5 nitrogen and oxygen atoms in total. The van der Waals surface area contributed by atoms with Gasteiger partial charge in [0.25, 0.3) is 0 Å². The van der Waals surface area contributed by atoms with Gasteiger partial charge in [0.05, 0.1) is 5.75 Å². The smallest absolute Gasteiger partial charge is 0.303 e. The molecule has 118 valence electrons. The second kappa shape index (κ2) is 6.58. The number of hydrogen-bond acceptors (Lipinski definition) is 4. The molecule has 0 aromatic heterocycles. The zero-order valence-corrected chi connectivity index (χ0v) is 13.5. The van der Waals surface area contributed by atoms with E-state index in [-0.39, 0.29) is 18.2 Å². The third-order valence-corrected chi connectivity index (χ3v) is 4.66. The van der Waals surface area contributed by atoms with Crippen LogP contribution in [0.25, 0.3) is 0 Å². The quantitative estimate of drug-likeness (QED) is 0.801. The number of benzene rings is 1. The van der Waals surface area contributed by atoms with Crippen LogP contribution < -0.4 is 5.73 Å². The lowest BCUT2D eigenvalue weighted by molar-refractivity contribution is -0.137. The number of nitrogens with two attached hydrogens (primary N) is 1. The van der Waals surface area contributed by atoms with Crippen LogP contribution in [0.5, 0.6) is 0 Å². The molecule has 1 atom stereocenters. The minimum atomic E-state index is -3.06. The molecule has 21 heavy (non-hydrogen) atoms. The molecule has 0 spiro atoms. The third-order valence-electron chi connectivity index (χ3n) is 3.41. The maximum absolute atomic E-state index is 11.5. The summed E-state index contributed by atoms with van der Waals surface area (Å²) in [6.45, 7) is 3.76. The Morgan fingerprint density at radius 1 is 1.29 bits per heavy atom. The van der Waals surface area contributed by atoms with Crippen molar-refractivity contribution in [1.82, 2.24) is 0 Å². The fourth-order valence-corrected chi connectivity index (χ4v) is 3.84. The lowest BCUT2D eigenvalue weighted by Crippen LogP contribution is -2.27. The highest BCUT2D eigenvalue weighted by molar-refractivity contribution is 7.90. The van der Waals surface area contributed by atoms with E-state index in [1.807, 2.05) is 38.1 Å². The molecule has 0 radical (unpaired) electrons. The van der Waals surface area contributed by atoms with E-state index in [9.17, 15) is 13.2 Å². The van der Waals surface area contributed by atoms with Crippen LogP contribution in [0.15, 0.2) is 24.3 Å². The Bertz CT molecular complexity index is 591. The Morgan fingerprint density at radius 3 is 2.24 bits per heavy atom. The van der Waals surface area contributed by atoms with Crippen molar-refractivity contribution in [2.75, 3.05) is 12.0 Å². The molecular weight excluding hydrogens is 290 g/mol. The molecule has 6 heteroatoms. The SMILES string of the molecule is CC(C)(CS(C)(=O)=O)c1ccc(C(N)CCC(=O)O)cc1. The Morgan fingerprint density at radius 2 is 1.81 bits per heavy atom. The number of rotatable bonds is 7. The van der Waals surface area contributed by atoms with Gasteiger partial charge in [-0.3, -0.25) is 4.79 Å². The van der Waals surface area contributed by atoms with Crippen LogP contribution in [0.4, 0.5) is 0 Å². The number of carbonyl (C=O) groups is 1. The molecule has 0 bridgehead atoms. The van der Waals surface area contributed by atoms with Gasteiger partial charge in [-0.1, -0.05) is 38.1 Å².